The van der Waals surface area contributed by atoms with Crippen LogP contribution in [0.4, 0.5) is 0 Å². The van der Waals surface area contributed by atoms with Crippen molar-refractivity contribution < 1.29 is 28.6 Å². The minimum absolute atomic E-state index is 0.0621. The van der Waals surface area contributed by atoms with Gasteiger partial charge in [0.2, 0.25) is 0 Å². The maximum atomic E-state index is 12.8. The van der Waals surface area contributed by atoms with Gasteiger partial charge in [-0.15, -0.1) is 0 Å². The standard InChI is InChI=1S/C56H108O6/c1-5-8-10-12-14-16-18-19-20-25-29-33-37-41-45-49-56(59)62-53(50-60-54(57)47-43-39-35-31-26-17-15-13-11-9-6-2)51-61-55(58)48-44-40-36-32-28-24-22-21-23-27-30-34-38-42-46-52(4)7-3/h52-53H,5-51H2,1-4H3/t52?,53-/m0/s1. The van der Waals surface area contributed by atoms with Crippen LogP contribution in [0.1, 0.15) is 317 Å². The number of esters is 3. The predicted molar refractivity (Wildman–Crippen MR) is 266 cm³/mol. The monoisotopic (exact) mass is 877 g/mol. The molecule has 2 atom stereocenters. The van der Waals surface area contributed by atoms with Crippen molar-refractivity contribution in [2.45, 2.75) is 323 Å². The second kappa shape index (κ2) is 50.4. The number of unbranched alkanes of at least 4 members (excludes halogenated alkanes) is 37. The first-order valence-electron chi connectivity index (χ1n) is 27.9. The Balaban J connectivity index is 4.27. The summed E-state index contributed by atoms with van der Waals surface area (Å²) < 4.78 is 16.8. The van der Waals surface area contributed by atoms with Crippen molar-refractivity contribution in [1.29, 1.82) is 0 Å². The number of rotatable bonds is 51. The molecular formula is C56H108O6. The summed E-state index contributed by atoms with van der Waals surface area (Å²) in [5, 5.41) is 0. The van der Waals surface area contributed by atoms with Crippen molar-refractivity contribution in [3.63, 3.8) is 0 Å². The molecule has 62 heavy (non-hydrogen) atoms. The smallest absolute Gasteiger partial charge is 0.306 e. The topological polar surface area (TPSA) is 78.9 Å². The summed E-state index contributed by atoms with van der Waals surface area (Å²) in [4.78, 5) is 38.0. The van der Waals surface area contributed by atoms with E-state index in [2.05, 4.69) is 27.7 Å². The summed E-state index contributed by atoms with van der Waals surface area (Å²) in [7, 11) is 0. The lowest BCUT2D eigenvalue weighted by Crippen LogP contribution is -2.30. The summed E-state index contributed by atoms with van der Waals surface area (Å²) in [5.41, 5.74) is 0. The van der Waals surface area contributed by atoms with Crippen LogP contribution in [0.15, 0.2) is 0 Å². The molecule has 0 N–H and O–H groups in total. The second-order valence-corrected chi connectivity index (χ2v) is 19.5. The number of hydrogen-bond acceptors (Lipinski definition) is 6. The Bertz CT molecular complexity index is 935. The van der Waals surface area contributed by atoms with Crippen LogP contribution in [0, 0.1) is 5.92 Å². The molecule has 0 aromatic rings. The van der Waals surface area contributed by atoms with E-state index in [-0.39, 0.29) is 31.1 Å². The van der Waals surface area contributed by atoms with Crippen LogP contribution in [-0.2, 0) is 28.6 Å². The highest BCUT2D eigenvalue weighted by atomic mass is 16.6. The average Bonchev–Trinajstić information content (AvgIpc) is 3.27. The van der Waals surface area contributed by atoms with Gasteiger partial charge in [0.1, 0.15) is 13.2 Å². The summed E-state index contributed by atoms with van der Waals surface area (Å²) in [6.45, 7) is 9.08. The van der Waals surface area contributed by atoms with Crippen LogP contribution in [0.3, 0.4) is 0 Å². The Hall–Kier alpha value is -1.59. The first-order chi connectivity index (χ1) is 30.4. The summed E-state index contributed by atoms with van der Waals surface area (Å²) >= 11 is 0. The zero-order valence-corrected chi connectivity index (χ0v) is 42.3. The van der Waals surface area contributed by atoms with Crippen LogP contribution in [-0.4, -0.2) is 37.2 Å². The number of hydrogen-bond donors (Lipinski definition) is 0. The number of ether oxygens (including phenoxy) is 3. The Morgan fingerprint density at radius 2 is 0.565 bits per heavy atom. The molecule has 0 saturated carbocycles. The van der Waals surface area contributed by atoms with Gasteiger partial charge in [-0.1, -0.05) is 278 Å². The molecule has 368 valence electrons. The molecule has 0 aromatic carbocycles. The normalized spacial score (nSPS) is 12.4. The second-order valence-electron chi connectivity index (χ2n) is 19.5. The fraction of sp³-hybridized carbons (Fsp3) is 0.946. The quantitative estimate of drug-likeness (QED) is 0.0344. The van der Waals surface area contributed by atoms with E-state index in [9.17, 15) is 14.4 Å². The molecule has 0 aliphatic heterocycles. The van der Waals surface area contributed by atoms with Gasteiger partial charge in [-0.25, -0.2) is 0 Å². The van der Waals surface area contributed by atoms with Gasteiger partial charge in [0.15, 0.2) is 6.10 Å². The van der Waals surface area contributed by atoms with E-state index in [1.807, 2.05) is 0 Å². The molecule has 0 fully saturated rings. The molecule has 0 rings (SSSR count). The van der Waals surface area contributed by atoms with Crippen molar-refractivity contribution in [2.75, 3.05) is 13.2 Å². The molecule has 0 saturated heterocycles. The SMILES string of the molecule is CCCCCCCCCCCCCCCCCC(=O)O[C@@H](COC(=O)CCCCCCCCCCCCC)COC(=O)CCCCCCCCCCCCCCCCC(C)CC. The molecule has 0 aliphatic carbocycles. The third-order valence-corrected chi connectivity index (χ3v) is 13.2. The summed E-state index contributed by atoms with van der Waals surface area (Å²) in [5.74, 6) is 0.0570. The molecule has 0 bridgehead atoms. The van der Waals surface area contributed by atoms with Crippen molar-refractivity contribution >= 4 is 17.9 Å². The maximum Gasteiger partial charge on any atom is 0.306 e. The van der Waals surface area contributed by atoms with Crippen molar-refractivity contribution in [1.82, 2.24) is 0 Å². The van der Waals surface area contributed by atoms with E-state index in [4.69, 9.17) is 14.2 Å². The van der Waals surface area contributed by atoms with Gasteiger partial charge in [0, 0.05) is 19.3 Å². The highest BCUT2D eigenvalue weighted by Crippen LogP contribution is 2.18. The lowest BCUT2D eigenvalue weighted by atomic mass is 9.99. The highest BCUT2D eigenvalue weighted by Gasteiger charge is 2.19. The van der Waals surface area contributed by atoms with E-state index >= 15 is 0 Å². The third-order valence-electron chi connectivity index (χ3n) is 13.2. The molecule has 0 aromatic heterocycles. The van der Waals surface area contributed by atoms with E-state index in [0.717, 1.165) is 63.7 Å². The summed E-state index contributed by atoms with van der Waals surface area (Å²) in [6.07, 6.45) is 53.7. The molecule has 0 amide bonds. The van der Waals surface area contributed by atoms with E-state index in [1.165, 1.54) is 212 Å². The lowest BCUT2D eigenvalue weighted by Gasteiger charge is -2.18. The number of carbonyl (C=O) groups excluding carboxylic acids is 3. The number of carbonyl (C=O) groups is 3. The predicted octanol–water partition coefficient (Wildman–Crippen LogP) is 18.2. The Morgan fingerprint density at radius 1 is 0.323 bits per heavy atom. The average molecular weight is 877 g/mol. The van der Waals surface area contributed by atoms with Crippen LogP contribution >= 0.6 is 0 Å². The van der Waals surface area contributed by atoms with Gasteiger partial charge in [-0.3, -0.25) is 14.4 Å². The van der Waals surface area contributed by atoms with Gasteiger partial charge in [0.05, 0.1) is 0 Å². The van der Waals surface area contributed by atoms with E-state index in [1.54, 1.807) is 0 Å². The van der Waals surface area contributed by atoms with Gasteiger partial charge in [0.25, 0.3) is 0 Å². The van der Waals surface area contributed by atoms with Gasteiger partial charge < -0.3 is 14.2 Å². The van der Waals surface area contributed by atoms with Gasteiger partial charge in [-0.2, -0.15) is 0 Å². The minimum Gasteiger partial charge on any atom is -0.462 e. The molecule has 6 nitrogen and oxygen atoms in total. The lowest BCUT2D eigenvalue weighted by molar-refractivity contribution is -0.167. The Kier molecular flexibility index (Phi) is 49.1. The molecule has 0 spiro atoms. The highest BCUT2D eigenvalue weighted by molar-refractivity contribution is 5.71. The third kappa shape index (κ3) is 47.9. The molecule has 1 unspecified atom stereocenters. The van der Waals surface area contributed by atoms with Crippen LogP contribution in [0.2, 0.25) is 0 Å². The van der Waals surface area contributed by atoms with E-state index < -0.39 is 6.10 Å². The Labute approximate surface area is 387 Å². The van der Waals surface area contributed by atoms with Crippen molar-refractivity contribution in [3.05, 3.63) is 0 Å². The first kappa shape index (κ1) is 60.4. The molecular weight excluding hydrogens is 769 g/mol. The van der Waals surface area contributed by atoms with Gasteiger partial charge in [-0.05, 0) is 25.2 Å². The van der Waals surface area contributed by atoms with Crippen molar-refractivity contribution in [3.8, 4) is 0 Å². The maximum absolute atomic E-state index is 12.8. The molecule has 0 radical (unpaired) electrons. The van der Waals surface area contributed by atoms with E-state index in [0.29, 0.717) is 19.3 Å². The zero-order chi connectivity index (χ0) is 45.2. The molecule has 6 heteroatoms. The molecule has 0 heterocycles. The van der Waals surface area contributed by atoms with Crippen LogP contribution in [0.5, 0.6) is 0 Å². The summed E-state index contributed by atoms with van der Waals surface area (Å²) in [6, 6.07) is 0. The van der Waals surface area contributed by atoms with Gasteiger partial charge >= 0.3 is 17.9 Å². The van der Waals surface area contributed by atoms with Crippen LogP contribution < -0.4 is 0 Å². The zero-order valence-electron chi connectivity index (χ0n) is 42.3. The van der Waals surface area contributed by atoms with Crippen molar-refractivity contribution in [2.24, 2.45) is 5.92 Å². The van der Waals surface area contributed by atoms with Crippen LogP contribution in [0.25, 0.3) is 0 Å². The minimum atomic E-state index is -0.761. The largest absolute Gasteiger partial charge is 0.462 e. The molecule has 0 aliphatic rings. The fourth-order valence-corrected chi connectivity index (χ4v) is 8.54. The Morgan fingerprint density at radius 3 is 0.839 bits per heavy atom. The fourth-order valence-electron chi connectivity index (χ4n) is 8.54. The first-order valence-corrected chi connectivity index (χ1v) is 27.9.